The molecular weight excluding hydrogens is 1080 g/mol. The van der Waals surface area contributed by atoms with E-state index in [1.165, 1.54) is 315 Å². The molecule has 0 aliphatic heterocycles. The Kier molecular flexibility index (Phi) is 66.6. The Morgan fingerprint density at radius 2 is 0.674 bits per heavy atom. The molecule has 0 saturated carbocycles. The summed E-state index contributed by atoms with van der Waals surface area (Å²) in [6.07, 6.45) is 92.6. The van der Waals surface area contributed by atoms with Gasteiger partial charge in [-0.25, -0.2) is 0 Å². The molecular formula is C77H149N2O6P. The molecule has 0 aromatic carbocycles. The van der Waals surface area contributed by atoms with Crippen LogP contribution in [0.2, 0.25) is 0 Å². The van der Waals surface area contributed by atoms with E-state index in [-0.39, 0.29) is 19.1 Å². The average molecular weight is 1230 g/mol. The molecule has 0 aliphatic carbocycles. The van der Waals surface area contributed by atoms with Crippen molar-refractivity contribution in [1.82, 2.24) is 5.32 Å². The number of carbonyl (C=O) groups excluding carboxylic acids is 1. The van der Waals surface area contributed by atoms with Crippen LogP contribution in [0.1, 0.15) is 386 Å². The number of hydrogen-bond acceptors (Lipinski definition) is 6. The van der Waals surface area contributed by atoms with Crippen LogP contribution in [0.5, 0.6) is 0 Å². The third-order valence-corrected chi connectivity index (χ3v) is 18.5. The van der Waals surface area contributed by atoms with Gasteiger partial charge in [0.05, 0.1) is 39.9 Å². The molecule has 0 bridgehead atoms. The van der Waals surface area contributed by atoms with Gasteiger partial charge in [0.1, 0.15) is 13.2 Å². The third kappa shape index (κ3) is 69.9. The van der Waals surface area contributed by atoms with E-state index in [0.717, 1.165) is 51.4 Å². The molecule has 0 rings (SSSR count). The predicted octanol–water partition coefficient (Wildman–Crippen LogP) is 23.9. The quantitative estimate of drug-likeness (QED) is 0.0272. The molecule has 508 valence electrons. The number of nitrogens with zero attached hydrogens (tertiary/aromatic N) is 1. The minimum atomic E-state index is -4.60. The van der Waals surface area contributed by atoms with Crippen molar-refractivity contribution in [2.45, 2.75) is 398 Å². The second-order valence-corrected chi connectivity index (χ2v) is 28.8. The van der Waals surface area contributed by atoms with Gasteiger partial charge in [-0.1, -0.05) is 371 Å². The first-order chi connectivity index (χ1) is 42.0. The topological polar surface area (TPSA) is 108 Å². The van der Waals surface area contributed by atoms with Crippen LogP contribution in [-0.2, 0) is 18.4 Å². The zero-order chi connectivity index (χ0) is 62.6. The lowest BCUT2D eigenvalue weighted by Gasteiger charge is -2.29. The highest BCUT2D eigenvalue weighted by Gasteiger charge is 2.23. The Labute approximate surface area is 537 Å². The smallest absolute Gasteiger partial charge is 0.268 e. The highest BCUT2D eigenvalue weighted by atomic mass is 31.2. The number of likely N-dealkylation sites (N-methyl/N-ethyl adjacent to an activating group) is 1. The summed E-state index contributed by atoms with van der Waals surface area (Å²) in [5.41, 5.74) is 0. The maximum Gasteiger partial charge on any atom is 0.268 e. The van der Waals surface area contributed by atoms with Crippen molar-refractivity contribution < 1.29 is 32.9 Å². The first-order valence-corrected chi connectivity index (χ1v) is 39.5. The number of unbranched alkanes of at least 4 members (excludes halogenated alkanes) is 52. The van der Waals surface area contributed by atoms with Gasteiger partial charge in [-0.15, -0.1) is 0 Å². The number of amides is 1. The first kappa shape index (κ1) is 84.5. The lowest BCUT2D eigenvalue weighted by molar-refractivity contribution is -0.870. The SMILES string of the molecule is CCCCCCC/C=C\C/C=C\C/C=C\CCCCCCCCCCCCCCCCCCCCCCCCCCC(=O)NC(COP(=O)([O-])OCC[N+](C)(C)C)C(O)/C=C/CCCCCCCCCCCCCCCCCCCCCCCCC. The Bertz CT molecular complexity index is 1540. The molecule has 0 fully saturated rings. The van der Waals surface area contributed by atoms with Crippen LogP contribution >= 0.6 is 7.82 Å². The number of phosphoric ester groups is 1. The van der Waals surface area contributed by atoms with E-state index in [2.05, 4.69) is 55.6 Å². The van der Waals surface area contributed by atoms with Crippen molar-refractivity contribution in [2.24, 2.45) is 0 Å². The van der Waals surface area contributed by atoms with E-state index in [4.69, 9.17) is 9.05 Å². The van der Waals surface area contributed by atoms with Crippen LogP contribution < -0.4 is 10.2 Å². The second kappa shape index (κ2) is 67.8. The molecule has 1 amide bonds. The van der Waals surface area contributed by atoms with Crippen LogP contribution in [0, 0.1) is 0 Å². The zero-order valence-corrected chi connectivity index (χ0v) is 59.2. The molecule has 0 spiro atoms. The Morgan fingerprint density at radius 1 is 0.407 bits per heavy atom. The van der Waals surface area contributed by atoms with Crippen molar-refractivity contribution in [1.29, 1.82) is 0 Å². The fraction of sp³-hybridized carbons (Fsp3) is 0.883. The minimum absolute atomic E-state index is 0.00104. The standard InChI is InChI=1S/C77H149N2O6P/c1-6-8-10-12-14-16-18-20-22-24-26-28-30-32-33-34-35-36-37-38-39-40-41-42-43-44-45-47-49-51-53-55-57-59-61-63-65-67-69-71-77(81)78-75(74-85-86(82,83)84-73-72-79(3,4)5)76(80)70-68-66-64-62-60-58-56-54-52-50-48-46-31-29-27-25-23-21-19-17-15-13-11-9-7-2/h18,20,24,26,30,32,68,70,75-76,80H,6-17,19,21-23,25,27-29,31,33-67,69,71-74H2,1-5H3,(H-,78,81,82,83)/b20-18-,26-24-,32-30-,70-68+. The van der Waals surface area contributed by atoms with E-state index in [1.54, 1.807) is 6.08 Å². The van der Waals surface area contributed by atoms with E-state index < -0.39 is 20.0 Å². The molecule has 0 aromatic heterocycles. The van der Waals surface area contributed by atoms with E-state index in [1.807, 2.05) is 27.2 Å². The molecule has 3 atom stereocenters. The molecule has 0 aliphatic rings. The maximum absolute atomic E-state index is 13.1. The number of aliphatic hydroxyl groups is 1. The molecule has 9 heteroatoms. The van der Waals surface area contributed by atoms with Gasteiger partial charge in [-0.2, -0.15) is 0 Å². The molecule has 86 heavy (non-hydrogen) atoms. The molecule has 2 N–H and O–H groups in total. The maximum atomic E-state index is 13.1. The largest absolute Gasteiger partial charge is 0.756 e. The van der Waals surface area contributed by atoms with Crippen LogP contribution in [0.3, 0.4) is 0 Å². The molecule has 0 radical (unpaired) electrons. The number of quaternary nitrogens is 1. The van der Waals surface area contributed by atoms with Crippen LogP contribution in [0.15, 0.2) is 48.6 Å². The van der Waals surface area contributed by atoms with Crippen molar-refractivity contribution in [3.63, 3.8) is 0 Å². The molecule has 0 aromatic rings. The number of hydrogen-bond donors (Lipinski definition) is 2. The van der Waals surface area contributed by atoms with Gasteiger partial charge in [0.15, 0.2) is 0 Å². The van der Waals surface area contributed by atoms with Gasteiger partial charge in [0.2, 0.25) is 5.91 Å². The number of phosphoric acid groups is 1. The van der Waals surface area contributed by atoms with Crippen LogP contribution in [0.4, 0.5) is 0 Å². The summed E-state index contributed by atoms with van der Waals surface area (Å²) in [5.74, 6) is -0.189. The highest BCUT2D eigenvalue weighted by molar-refractivity contribution is 7.45. The van der Waals surface area contributed by atoms with Crippen LogP contribution in [0.25, 0.3) is 0 Å². The van der Waals surface area contributed by atoms with Crippen molar-refractivity contribution in [2.75, 3.05) is 40.9 Å². The summed E-state index contributed by atoms with van der Waals surface area (Å²) < 4.78 is 23.5. The molecule has 0 heterocycles. The van der Waals surface area contributed by atoms with Gasteiger partial charge in [-0.3, -0.25) is 9.36 Å². The fourth-order valence-electron chi connectivity index (χ4n) is 11.6. The minimum Gasteiger partial charge on any atom is -0.756 e. The van der Waals surface area contributed by atoms with E-state index >= 15 is 0 Å². The van der Waals surface area contributed by atoms with Crippen molar-refractivity contribution >= 4 is 13.7 Å². The second-order valence-electron chi connectivity index (χ2n) is 27.4. The number of carbonyl (C=O) groups is 1. The summed E-state index contributed by atoms with van der Waals surface area (Å²) in [5, 5.41) is 14.0. The highest BCUT2D eigenvalue weighted by Crippen LogP contribution is 2.38. The summed E-state index contributed by atoms with van der Waals surface area (Å²) in [4.78, 5) is 25.7. The lowest BCUT2D eigenvalue weighted by Crippen LogP contribution is -2.45. The molecule has 3 unspecified atom stereocenters. The number of aliphatic hydroxyl groups excluding tert-OH is 1. The molecule has 0 saturated heterocycles. The van der Waals surface area contributed by atoms with Gasteiger partial charge in [-0.05, 0) is 57.8 Å². The van der Waals surface area contributed by atoms with Crippen molar-refractivity contribution in [3.05, 3.63) is 48.6 Å². The third-order valence-electron chi connectivity index (χ3n) is 17.5. The lowest BCUT2D eigenvalue weighted by atomic mass is 10.0. The first-order valence-electron chi connectivity index (χ1n) is 38.0. The van der Waals surface area contributed by atoms with Gasteiger partial charge < -0.3 is 28.8 Å². The monoisotopic (exact) mass is 1230 g/mol. The number of nitrogens with one attached hydrogen (secondary N) is 1. The van der Waals surface area contributed by atoms with E-state index in [0.29, 0.717) is 17.4 Å². The van der Waals surface area contributed by atoms with E-state index in [9.17, 15) is 19.4 Å². The van der Waals surface area contributed by atoms with Gasteiger partial charge in [0.25, 0.3) is 7.82 Å². The van der Waals surface area contributed by atoms with Gasteiger partial charge in [0, 0.05) is 6.42 Å². The Balaban J connectivity index is 3.95. The van der Waals surface area contributed by atoms with Crippen molar-refractivity contribution in [3.8, 4) is 0 Å². The summed E-state index contributed by atoms with van der Waals surface area (Å²) in [6, 6.07) is -0.887. The fourth-order valence-corrected chi connectivity index (χ4v) is 12.4. The van der Waals surface area contributed by atoms with Crippen LogP contribution in [-0.4, -0.2) is 68.5 Å². The normalized spacial score (nSPS) is 13.8. The molecule has 8 nitrogen and oxygen atoms in total. The summed E-state index contributed by atoms with van der Waals surface area (Å²) >= 11 is 0. The number of allylic oxidation sites excluding steroid dienone is 7. The zero-order valence-electron chi connectivity index (χ0n) is 58.3. The summed E-state index contributed by atoms with van der Waals surface area (Å²) in [7, 11) is 1.28. The Hall–Kier alpha value is -1.54. The van der Waals surface area contributed by atoms with Gasteiger partial charge >= 0.3 is 0 Å². The number of rotatable bonds is 71. The summed E-state index contributed by atoms with van der Waals surface area (Å²) in [6.45, 7) is 4.70. The average Bonchev–Trinajstić information content (AvgIpc) is 3.70. The predicted molar refractivity (Wildman–Crippen MR) is 376 cm³/mol. The Morgan fingerprint density at radius 3 is 0.977 bits per heavy atom.